The SMILES string of the molecule is C=C(CC)C(C)CC1=C(CC)C1CC. The molecule has 0 aromatic rings. The summed E-state index contributed by atoms with van der Waals surface area (Å²) in [5, 5.41) is 0. The van der Waals surface area contributed by atoms with Crippen LogP contribution in [0.4, 0.5) is 0 Å². The second-order valence-corrected chi connectivity index (χ2v) is 4.48. The monoisotopic (exact) mass is 192 g/mol. The Morgan fingerprint density at radius 1 is 1.29 bits per heavy atom. The van der Waals surface area contributed by atoms with Gasteiger partial charge >= 0.3 is 0 Å². The van der Waals surface area contributed by atoms with Crippen molar-refractivity contribution in [2.45, 2.75) is 53.4 Å². The molecule has 0 amide bonds. The molecule has 1 aliphatic rings. The molecule has 2 unspecified atom stereocenters. The van der Waals surface area contributed by atoms with Crippen LogP contribution in [-0.4, -0.2) is 0 Å². The summed E-state index contributed by atoms with van der Waals surface area (Å²) in [5.74, 6) is 1.56. The molecule has 80 valence electrons. The standard InChI is InChI=1S/C14H24/c1-6-10(4)11(5)9-14-12(7-2)13(14)8-3/h11-12H,4,6-9H2,1-3,5H3. The summed E-state index contributed by atoms with van der Waals surface area (Å²) in [6.45, 7) is 13.2. The first-order chi connectivity index (χ1) is 6.65. The van der Waals surface area contributed by atoms with Crippen molar-refractivity contribution in [2.75, 3.05) is 0 Å². The quantitative estimate of drug-likeness (QED) is 0.534. The third-order valence-corrected chi connectivity index (χ3v) is 3.64. The zero-order valence-electron chi connectivity index (χ0n) is 10.2. The molecule has 0 nitrogen and oxygen atoms in total. The highest BCUT2D eigenvalue weighted by atomic mass is 14.4. The highest BCUT2D eigenvalue weighted by Gasteiger charge is 2.33. The van der Waals surface area contributed by atoms with Crippen molar-refractivity contribution < 1.29 is 0 Å². The van der Waals surface area contributed by atoms with Crippen LogP contribution in [0.15, 0.2) is 23.3 Å². The van der Waals surface area contributed by atoms with Crippen molar-refractivity contribution in [2.24, 2.45) is 11.8 Å². The van der Waals surface area contributed by atoms with Crippen molar-refractivity contribution in [1.82, 2.24) is 0 Å². The van der Waals surface area contributed by atoms with E-state index in [1.807, 2.05) is 0 Å². The molecule has 0 aliphatic heterocycles. The Balaban J connectivity index is 2.45. The fraction of sp³-hybridized carbons (Fsp3) is 0.714. The molecule has 0 radical (unpaired) electrons. The normalized spacial score (nSPS) is 22.4. The summed E-state index contributed by atoms with van der Waals surface area (Å²) in [4.78, 5) is 0. The number of allylic oxidation sites excluding steroid dienone is 3. The van der Waals surface area contributed by atoms with Gasteiger partial charge in [-0.15, -0.1) is 0 Å². The molecule has 14 heavy (non-hydrogen) atoms. The minimum atomic E-state index is 0.688. The van der Waals surface area contributed by atoms with E-state index >= 15 is 0 Å². The largest absolute Gasteiger partial charge is 0.0996 e. The molecule has 0 fully saturated rings. The van der Waals surface area contributed by atoms with Crippen molar-refractivity contribution in [3.8, 4) is 0 Å². The molecular weight excluding hydrogens is 168 g/mol. The summed E-state index contributed by atoms with van der Waals surface area (Å²) < 4.78 is 0. The average molecular weight is 192 g/mol. The first kappa shape index (κ1) is 11.6. The topological polar surface area (TPSA) is 0 Å². The van der Waals surface area contributed by atoms with Gasteiger partial charge < -0.3 is 0 Å². The third-order valence-electron chi connectivity index (χ3n) is 3.64. The summed E-state index contributed by atoms with van der Waals surface area (Å²) >= 11 is 0. The van der Waals surface area contributed by atoms with Crippen LogP contribution < -0.4 is 0 Å². The molecule has 1 rings (SSSR count). The van der Waals surface area contributed by atoms with Gasteiger partial charge in [-0.1, -0.05) is 51.0 Å². The molecule has 0 heteroatoms. The Labute approximate surface area is 89.1 Å². The minimum absolute atomic E-state index is 0.688. The van der Waals surface area contributed by atoms with E-state index in [2.05, 4.69) is 34.3 Å². The summed E-state index contributed by atoms with van der Waals surface area (Å²) in [7, 11) is 0. The maximum Gasteiger partial charge on any atom is 0.00102 e. The second-order valence-electron chi connectivity index (χ2n) is 4.48. The van der Waals surface area contributed by atoms with Gasteiger partial charge in [-0.25, -0.2) is 0 Å². The minimum Gasteiger partial charge on any atom is -0.0996 e. The van der Waals surface area contributed by atoms with Gasteiger partial charge in [-0.05, 0) is 31.6 Å². The molecule has 0 saturated heterocycles. The molecular formula is C14H24. The van der Waals surface area contributed by atoms with Crippen LogP contribution >= 0.6 is 0 Å². The zero-order chi connectivity index (χ0) is 10.7. The Kier molecular flexibility index (Phi) is 3.97. The van der Waals surface area contributed by atoms with E-state index in [0.29, 0.717) is 5.92 Å². The molecule has 0 bridgehead atoms. The Bertz CT molecular complexity index is 245. The van der Waals surface area contributed by atoms with E-state index in [-0.39, 0.29) is 0 Å². The van der Waals surface area contributed by atoms with Crippen LogP contribution in [0, 0.1) is 11.8 Å². The Morgan fingerprint density at radius 3 is 2.29 bits per heavy atom. The van der Waals surface area contributed by atoms with Crippen LogP contribution in [0.25, 0.3) is 0 Å². The number of hydrogen-bond acceptors (Lipinski definition) is 0. The molecule has 1 aliphatic carbocycles. The molecule has 2 atom stereocenters. The molecule has 0 aromatic carbocycles. The van der Waals surface area contributed by atoms with Crippen LogP contribution in [-0.2, 0) is 0 Å². The van der Waals surface area contributed by atoms with E-state index in [0.717, 1.165) is 12.3 Å². The van der Waals surface area contributed by atoms with E-state index in [1.165, 1.54) is 24.8 Å². The maximum atomic E-state index is 4.13. The summed E-state index contributed by atoms with van der Waals surface area (Å²) in [5.41, 5.74) is 4.90. The first-order valence-corrected chi connectivity index (χ1v) is 6.05. The van der Waals surface area contributed by atoms with E-state index in [9.17, 15) is 0 Å². The van der Waals surface area contributed by atoms with Crippen LogP contribution in [0.3, 0.4) is 0 Å². The Morgan fingerprint density at radius 2 is 1.93 bits per heavy atom. The average Bonchev–Trinajstić information content (AvgIpc) is 2.88. The molecule has 0 heterocycles. The fourth-order valence-corrected chi connectivity index (χ4v) is 2.44. The van der Waals surface area contributed by atoms with Crippen LogP contribution in [0.5, 0.6) is 0 Å². The smallest absolute Gasteiger partial charge is 0.00102 e. The molecule has 0 aromatic heterocycles. The van der Waals surface area contributed by atoms with Crippen molar-refractivity contribution in [1.29, 1.82) is 0 Å². The molecule has 0 saturated carbocycles. The van der Waals surface area contributed by atoms with E-state index in [1.54, 1.807) is 11.1 Å². The van der Waals surface area contributed by atoms with Gasteiger partial charge in [0.2, 0.25) is 0 Å². The Hall–Kier alpha value is -0.520. The zero-order valence-corrected chi connectivity index (χ0v) is 10.2. The summed E-state index contributed by atoms with van der Waals surface area (Å²) in [6, 6.07) is 0. The molecule has 0 spiro atoms. The second kappa shape index (κ2) is 4.82. The lowest BCUT2D eigenvalue weighted by molar-refractivity contribution is 0.636. The molecule has 0 N–H and O–H groups in total. The van der Waals surface area contributed by atoms with Crippen molar-refractivity contribution >= 4 is 0 Å². The highest BCUT2D eigenvalue weighted by molar-refractivity contribution is 5.41. The van der Waals surface area contributed by atoms with Crippen LogP contribution in [0.1, 0.15) is 53.4 Å². The lowest BCUT2D eigenvalue weighted by Crippen LogP contribution is -1.97. The van der Waals surface area contributed by atoms with Crippen molar-refractivity contribution in [3.63, 3.8) is 0 Å². The first-order valence-electron chi connectivity index (χ1n) is 6.05. The predicted octanol–water partition coefficient (Wildman–Crippen LogP) is 4.73. The van der Waals surface area contributed by atoms with Crippen molar-refractivity contribution in [3.05, 3.63) is 23.3 Å². The van der Waals surface area contributed by atoms with E-state index < -0.39 is 0 Å². The highest BCUT2D eigenvalue weighted by Crippen LogP contribution is 2.47. The summed E-state index contributed by atoms with van der Waals surface area (Å²) in [6.07, 6.45) is 4.98. The third kappa shape index (κ3) is 2.29. The van der Waals surface area contributed by atoms with Gasteiger partial charge in [0.1, 0.15) is 0 Å². The van der Waals surface area contributed by atoms with Gasteiger partial charge in [-0.3, -0.25) is 0 Å². The van der Waals surface area contributed by atoms with Gasteiger partial charge in [0.15, 0.2) is 0 Å². The van der Waals surface area contributed by atoms with Gasteiger partial charge in [0.05, 0.1) is 0 Å². The number of hydrogen-bond donors (Lipinski definition) is 0. The van der Waals surface area contributed by atoms with Gasteiger partial charge in [0, 0.05) is 5.92 Å². The van der Waals surface area contributed by atoms with E-state index in [4.69, 9.17) is 0 Å². The maximum absolute atomic E-state index is 4.13. The number of rotatable bonds is 6. The predicted molar refractivity (Wildman–Crippen MR) is 64.3 cm³/mol. The fourth-order valence-electron chi connectivity index (χ4n) is 2.44. The lowest BCUT2D eigenvalue weighted by Gasteiger charge is -2.11. The van der Waals surface area contributed by atoms with Crippen LogP contribution in [0.2, 0.25) is 0 Å². The van der Waals surface area contributed by atoms with Gasteiger partial charge in [0.25, 0.3) is 0 Å². The van der Waals surface area contributed by atoms with Gasteiger partial charge in [-0.2, -0.15) is 0 Å². The lowest BCUT2D eigenvalue weighted by atomic mass is 9.94.